The summed E-state index contributed by atoms with van der Waals surface area (Å²) < 4.78 is 28.4. The first-order valence-electron chi connectivity index (χ1n) is 13.1. The first-order valence-corrected chi connectivity index (χ1v) is 13.1. The molecule has 4 N–H and O–H groups in total. The topological polar surface area (TPSA) is 133 Å². The Hall–Kier alpha value is -3.41. The van der Waals surface area contributed by atoms with Crippen LogP contribution in [0.3, 0.4) is 0 Å². The molecule has 2 bridgehead atoms. The first kappa shape index (κ1) is 24.9. The molecule has 200 valence electrons. The molecule has 3 fully saturated rings. The van der Waals surface area contributed by atoms with Crippen molar-refractivity contribution in [3.63, 3.8) is 0 Å². The highest BCUT2D eigenvalue weighted by Gasteiger charge is 2.49. The van der Waals surface area contributed by atoms with Crippen molar-refractivity contribution < 1.29 is 18.7 Å². The number of halogens is 1. The smallest absolute Gasteiger partial charge is 0.263 e. The monoisotopic (exact) mass is 522 g/mol. The van der Waals surface area contributed by atoms with Crippen LogP contribution in [0.5, 0.6) is 5.75 Å². The largest absolute Gasteiger partial charge is 0.480 e. The number of rotatable bonds is 8. The van der Waals surface area contributed by atoms with Crippen LogP contribution in [-0.2, 0) is 29.0 Å². The first-order chi connectivity index (χ1) is 18.4. The lowest BCUT2D eigenvalue weighted by molar-refractivity contribution is -0.165. The zero-order chi connectivity index (χ0) is 26.3. The number of nitrogens with one attached hydrogen (secondary N) is 2. The van der Waals surface area contributed by atoms with E-state index in [4.69, 9.17) is 15.2 Å². The molecule has 0 unspecified atom stereocenters. The highest BCUT2D eigenvalue weighted by atomic mass is 19.1. The quantitative estimate of drug-likeness (QED) is 0.409. The van der Waals surface area contributed by atoms with Crippen LogP contribution >= 0.6 is 0 Å². The van der Waals surface area contributed by atoms with Crippen LogP contribution in [0.4, 0.5) is 10.2 Å². The number of hydrogen-bond donors (Lipinski definition) is 3. The maximum atomic E-state index is 15.0. The van der Waals surface area contributed by atoms with Gasteiger partial charge in [-0.15, -0.1) is 0 Å². The summed E-state index contributed by atoms with van der Waals surface area (Å²) in [7, 11) is 0. The van der Waals surface area contributed by atoms with Gasteiger partial charge in [0.15, 0.2) is 18.2 Å². The zero-order valence-corrected chi connectivity index (χ0v) is 21.1. The molecule has 0 aromatic carbocycles. The molecule has 38 heavy (non-hydrogen) atoms. The summed E-state index contributed by atoms with van der Waals surface area (Å²) in [6, 6.07) is 6.82. The molecule has 10 nitrogen and oxygen atoms in total. The van der Waals surface area contributed by atoms with Crippen molar-refractivity contribution in [2.75, 3.05) is 25.1 Å². The second-order valence-electron chi connectivity index (χ2n) is 10.5. The van der Waals surface area contributed by atoms with Gasteiger partial charge in [0.05, 0.1) is 35.1 Å². The predicted molar refractivity (Wildman–Crippen MR) is 138 cm³/mol. The zero-order valence-electron chi connectivity index (χ0n) is 21.1. The van der Waals surface area contributed by atoms with E-state index in [9.17, 15) is 9.59 Å². The molecular formula is C27H31FN6O4. The molecule has 1 aliphatic carbocycles. The summed E-state index contributed by atoms with van der Waals surface area (Å²) in [4.78, 5) is 32.8. The molecule has 6 heterocycles. The van der Waals surface area contributed by atoms with E-state index in [1.54, 1.807) is 6.07 Å². The third-order valence-electron chi connectivity index (χ3n) is 8.19. The molecule has 3 aromatic heterocycles. The van der Waals surface area contributed by atoms with Crippen molar-refractivity contribution >= 4 is 22.8 Å². The molecule has 7 rings (SSSR count). The minimum absolute atomic E-state index is 0.00584. The Morgan fingerprint density at radius 1 is 1.16 bits per heavy atom. The van der Waals surface area contributed by atoms with E-state index in [0.717, 1.165) is 31.4 Å². The van der Waals surface area contributed by atoms with Crippen molar-refractivity contribution in [2.24, 2.45) is 5.73 Å². The molecule has 0 atom stereocenters. The third kappa shape index (κ3) is 4.55. The van der Waals surface area contributed by atoms with E-state index in [-0.39, 0.29) is 35.8 Å². The van der Waals surface area contributed by atoms with Crippen molar-refractivity contribution in [3.05, 3.63) is 57.9 Å². The summed E-state index contributed by atoms with van der Waals surface area (Å²) in [5, 5.41) is 6.40. The lowest BCUT2D eigenvalue weighted by Crippen LogP contribution is -2.61. The SMILES string of the molecule is NCCn1c(=O)ccc2ncc(F)c(CCC34CCC(NCc5ccc6c(n5)NC(=O)CO6)(CC3)CO4)c21. The molecule has 11 heteroatoms. The van der Waals surface area contributed by atoms with Gasteiger partial charge in [0, 0.05) is 36.8 Å². The number of aryl methyl sites for hydroxylation is 1. The maximum absolute atomic E-state index is 15.0. The summed E-state index contributed by atoms with van der Waals surface area (Å²) in [6.07, 6.45) is 5.95. The molecule has 4 aliphatic rings. The molecule has 0 radical (unpaired) electrons. The van der Waals surface area contributed by atoms with E-state index in [1.165, 1.54) is 16.8 Å². The standard InChI is InChI=1S/C27H31FN6O4/c28-19-14-30-20-2-4-23(36)34(12-11-29)24(20)18(19)5-6-27-9-7-26(8-10-27,16-38-27)31-13-17-1-3-21-25(32-17)33-22(35)15-37-21/h1-4,14,31H,5-13,15-16,29H2,(H,32,33,35). The van der Waals surface area contributed by atoms with Crippen LogP contribution in [0.2, 0.25) is 0 Å². The van der Waals surface area contributed by atoms with Crippen LogP contribution in [0.25, 0.3) is 11.0 Å². The predicted octanol–water partition coefficient (Wildman–Crippen LogP) is 2.02. The molecular weight excluding hydrogens is 491 g/mol. The van der Waals surface area contributed by atoms with E-state index in [1.807, 2.05) is 12.1 Å². The molecule has 2 saturated heterocycles. The van der Waals surface area contributed by atoms with Gasteiger partial charge in [0.1, 0.15) is 5.82 Å². The number of hydrogen-bond acceptors (Lipinski definition) is 8. The average molecular weight is 523 g/mol. The summed E-state index contributed by atoms with van der Waals surface area (Å²) >= 11 is 0. The maximum Gasteiger partial charge on any atom is 0.263 e. The van der Waals surface area contributed by atoms with Crippen molar-refractivity contribution in [2.45, 2.75) is 62.8 Å². The van der Waals surface area contributed by atoms with Gasteiger partial charge in [0.2, 0.25) is 0 Å². The Morgan fingerprint density at radius 2 is 2.00 bits per heavy atom. The number of aromatic nitrogens is 3. The second-order valence-corrected chi connectivity index (χ2v) is 10.5. The van der Waals surface area contributed by atoms with Gasteiger partial charge in [0.25, 0.3) is 11.5 Å². The Balaban J connectivity index is 1.13. The number of fused-ring (bicyclic) bond motifs is 5. The number of anilines is 1. The fraction of sp³-hybridized carbons (Fsp3) is 0.481. The number of nitrogens with zero attached hydrogens (tertiary/aromatic N) is 3. The molecule has 1 amide bonds. The molecule has 3 aliphatic heterocycles. The van der Waals surface area contributed by atoms with Crippen molar-refractivity contribution in [3.8, 4) is 5.75 Å². The van der Waals surface area contributed by atoms with Crippen LogP contribution in [0.1, 0.15) is 43.4 Å². The van der Waals surface area contributed by atoms with Crippen LogP contribution in [0, 0.1) is 5.82 Å². The fourth-order valence-electron chi connectivity index (χ4n) is 5.94. The van der Waals surface area contributed by atoms with Gasteiger partial charge in [-0.25, -0.2) is 9.37 Å². The van der Waals surface area contributed by atoms with E-state index in [0.29, 0.717) is 60.7 Å². The average Bonchev–Trinajstić information content (AvgIpc) is 2.94. The lowest BCUT2D eigenvalue weighted by Gasteiger charge is -2.53. The van der Waals surface area contributed by atoms with E-state index in [2.05, 4.69) is 20.6 Å². The number of carbonyl (C=O) groups is 1. The Bertz CT molecular complexity index is 1430. The van der Waals surface area contributed by atoms with Gasteiger partial charge in [-0.2, -0.15) is 0 Å². The van der Waals surface area contributed by atoms with Gasteiger partial charge in [-0.3, -0.25) is 14.6 Å². The minimum atomic E-state index is -0.410. The van der Waals surface area contributed by atoms with E-state index >= 15 is 4.39 Å². The highest BCUT2D eigenvalue weighted by Crippen LogP contribution is 2.46. The van der Waals surface area contributed by atoms with E-state index < -0.39 is 5.82 Å². The van der Waals surface area contributed by atoms with Gasteiger partial charge in [-0.1, -0.05) is 0 Å². The van der Waals surface area contributed by atoms with Crippen LogP contribution in [0.15, 0.2) is 35.3 Å². The van der Waals surface area contributed by atoms with Crippen molar-refractivity contribution in [1.29, 1.82) is 0 Å². The number of nitrogens with two attached hydrogens (primary N) is 1. The Labute approximate surface area is 218 Å². The fourth-order valence-corrected chi connectivity index (χ4v) is 5.94. The number of ether oxygens (including phenoxy) is 2. The Morgan fingerprint density at radius 3 is 2.76 bits per heavy atom. The van der Waals surface area contributed by atoms with Gasteiger partial charge < -0.3 is 30.4 Å². The molecule has 1 saturated carbocycles. The molecule has 3 aromatic rings. The number of amides is 1. The second kappa shape index (κ2) is 9.72. The third-order valence-corrected chi connectivity index (χ3v) is 8.19. The van der Waals surface area contributed by atoms with Crippen molar-refractivity contribution in [1.82, 2.24) is 19.9 Å². The van der Waals surface area contributed by atoms with Gasteiger partial charge >= 0.3 is 0 Å². The van der Waals surface area contributed by atoms with Crippen LogP contribution in [-0.4, -0.2) is 51.3 Å². The van der Waals surface area contributed by atoms with Gasteiger partial charge in [-0.05, 0) is 56.7 Å². The number of carbonyl (C=O) groups excluding carboxylic acids is 1. The minimum Gasteiger partial charge on any atom is -0.480 e. The summed E-state index contributed by atoms with van der Waals surface area (Å²) in [5.41, 5.74) is 7.49. The molecule has 0 spiro atoms. The Kier molecular flexibility index (Phi) is 6.37. The normalized spacial score (nSPS) is 24.2. The van der Waals surface area contributed by atoms with Crippen LogP contribution < -0.4 is 26.7 Å². The number of pyridine rings is 3. The summed E-state index contributed by atoms with van der Waals surface area (Å²) in [6.45, 7) is 1.70. The lowest BCUT2D eigenvalue weighted by atomic mass is 9.69. The highest BCUT2D eigenvalue weighted by molar-refractivity contribution is 5.94. The summed E-state index contributed by atoms with van der Waals surface area (Å²) in [5.74, 6) is 0.411.